The number of non-ortho nitro benzene ring substituents is 1. The molecule has 2 aromatic rings. The zero-order valence-electron chi connectivity index (χ0n) is 16.4. The summed E-state index contributed by atoms with van der Waals surface area (Å²) in [6.07, 6.45) is 1.16. The SMILES string of the molecule is CCSc1ccccc1NC(=O)[C@H](CC)N(c1cccc([N+](=O)[O-])c1)S(C)(=O)=O. The van der Waals surface area contributed by atoms with E-state index in [1.54, 1.807) is 30.8 Å². The summed E-state index contributed by atoms with van der Waals surface area (Å²) < 4.78 is 26.0. The number of thioether (sulfide) groups is 1. The second-order valence-corrected chi connectivity index (χ2v) is 9.34. The average molecular weight is 438 g/mol. The number of amides is 1. The molecule has 0 aliphatic heterocycles. The second-order valence-electron chi connectivity index (χ2n) is 6.18. The Bertz CT molecular complexity index is 995. The molecule has 2 rings (SSSR count). The highest BCUT2D eigenvalue weighted by Gasteiger charge is 2.32. The van der Waals surface area contributed by atoms with E-state index in [0.717, 1.165) is 27.3 Å². The third-order valence-electron chi connectivity index (χ3n) is 4.07. The Kier molecular flexibility index (Phi) is 7.63. The number of rotatable bonds is 9. The maximum Gasteiger partial charge on any atom is 0.271 e. The summed E-state index contributed by atoms with van der Waals surface area (Å²) in [6, 6.07) is 11.4. The topological polar surface area (TPSA) is 110 Å². The van der Waals surface area contributed by atoms with Crippen LogP contribution in [0, 0.1) is 10.1 Å². The van der Waals surface area contributed by atoms with Crippen LogP contribution in [0.1, 0.15) is 20.3 Å². The van der Waals surface area contributed by atoms with Gasteiger partial charge in [-0.3, -0.25) is 19.2 Å². The number of hydrogen-bond acceptors (Lipinski definition) is 6. The van der Waals surface area contributed by atoms with Gasteiger partial charge in [0.2, 0.25) is 15.9 Å². The molecule has 0 heterocycles. The van der Waals surface area contributed by atoms with Gasteiger partial charge in [0.15, 0.2) is 0 Å². The number of para-hydroxylation sites is 1. The summed E-state index contributed by atoms with van der Waals surface area (Å²) >= 11 is 1.56. The highest BCUT2D eigenvalue weighted by Crippen LogP contribution is 2.29. The van der Waals surface area contributed by atoms with Crippen molar-refractivity contribution in [1.29, 1.82) is 0 Å². The smallest absolute Gasteiger partial charge is 0.271 e. The first-order chi connectivity index (χ1) is 13.7. The Morgan fingerprint density at radius 3 is 2.48 bits per heavy atom. The van der Waals surface area contributed by atoms with Crippen molar-refractivity contribution in [3.05, 3.63) is 58.6 Å². The molecule has 0 saturated heterocycles. The molecule has 0 bridgehead atoms. The number of nitrogens with zero attached hydrogens (tertiary/aromatic N) is 2. The number of nitro groups is 1. The zero-order chi connectivity index (χ0) is 21.6. The summed E-state index contributed by atoms with van der Waals surface area (Å²) in [5.74, 6) is 0.307. The van der Waals surface area contributed by atoms with Crippen molar-refractivity contribution in [1.82, 2.24) is 0 Å². The van der Waals surface area contributed by atoms with Crippen LogP contribution in [0.25, 0.3) is 0 Å². The van der Waals surface area contributed by atoms with Crippen LogP contribution in [0.4, 0.5) is 17.1 Å². The summed E-state index contributed by atoms with van der Waals surface area (Å²) in [5, 5.41) is 13.9. The van der Waals surface area contributed by atoms with Crippen molar-refractivity contribution < 1.29 is 18.1 Å². The highest BCUT2D eigenvalue weighted by molar-refractivity contribution is 7.99. The first-order valence-electron chi connectivity index (χ1n) is 8.95. The predicted molar refractivity (Wildman–Crippen MR) is 116 cm³/mol. The Hall–Kier alpha value is -2.59. The molecule has 1 N–H and O–H groups in total. The van der Waals surface area contributed by atoms with Crippen molar-refractivity contribution in [2.24, 2.45) is 0 Å². The first-order valence-corrected chi connectivity index (χ1v) is 11.8. The van der Waals surface area contributed by atoms with E-state index in [1.807, 2.05) is 19.1 Å². The molecular formula is C19H23N3O5S2. The van der Waals surface area contributed by atoms with E-state index in [0.29, 0.717) is 5.69 Å². The zero-order valence-corrected chi connectivity index (χ0v) is 18.0. The number of nitrogens with one attached hydrogen (secondary N) is 1. The van der Waals surface area contributed by atoms with Gasteiger partial charge < -0.3 is 5.32 Å². The van der Waals surface area contributed by atoms with Gasteiger partial charge in [-0.25, -0.2) is 8.42 Å². The van der Waals surface area contributed by atoms with Gasteiger partial charge in [0.25, 0.3) is 5.69 Å². The number of nitro benzene ring substituents is 1. The largest absolute Gasteiger partial charge is 0.323 e. The highest BCUT2D eigenvalue weighted by atomic mass is 32.2. The van der Waals surface area contributed by atoms with E-state index >= 15 is 0 Å². The molecule has 10 heteroatoms. The van der Waals surface area contributed by atoms with E-state index in [-0.39, 0.29) is 17.8 Å². The van der Waals surface area contributed by atoms with Crippen LogP contribution in [0.15, 0.2) is 53.4 Å². The molecule has 0 radical (unpaired) electrons. The Morgan fingerprint density at radius 2 is 1.90 bits per heavy atom. The molecular weight excluding hydrogens is 414 g/mol. The van der Waals surface area contributed by atoms with Gasteiger partial charge >= 0.3 is 0 Å². The van der Waals surface area contributed by atoms with Crippen LogP contribution < -0.4 is 9.62 Å². The average Bonchev–Trinajstić information content (AvgIpc) is 2.66. The molecule has 156 valence electrons. The van der Waals surface area contributed by atoms with E-state index < -0.39 is 26.9 Å². The minimum atomic E-state index is -3.88. The molecule has 1 atom stereocenters. The predicted octanol–water partition coefficient (Wildman–Crippen LogP) is 3.89. The van der Waals surface area contributed by atoms with E-state index in [2.05, 4.69) is 5.32 Å². The van der Waals surface area contributed by atoms with Crippen molar-refractivity contribution in [2.45, 2.75) is 31.2 Å². The fourth-order valence-corrected chi connectivity index (χ4v) is 4.84. The molecule has 29 heavy (non-hydrogen) atoms. The molecule has 0 spiro atoms. The van der Waals surface area contributed by atoms with Gasteiger partial charge in [-0.05, 0) is 30.4 Å². The fourth-order valence-electron chi connectivity index (χ4n) is 2.87. The lowest BCUT2D eigenvalue weighted by Crippen LogP contribution is -2.47. The lowest BCUT2D eigenvalue weighted by molar-refractivity contribution is -0.384. The van der Waals surface area contributed by atoms with Crippen molar-refractivity contribution >= 4 is 44.8 Å². The monoisotopic (exact) mass is 437 g/mol. The molecule has 0 aromatic heterocycles. The number of benzene rings is 2. The number of hydrogen-bond donors (Lipinski definition) is 1. The van der Waals surface area contributed by atoms with Gasteiger partial charge in [0, 0.05) is 17.0 Å². The minimum Gasteiger partial charge on any atom is -0.323 e. The van der Waals surface area contributed by atoms with Crippen LogP contribution in [0.3, 0.4) is 0 Å². The normalized spacial score (nSPS) is 12.2. The van der Waals surface area contributed by atoms with Crippen LogP contribution in [0.5, 0.6) is 0 Å². The van der Waals surface area contributed by atoms with Gasteiger partial charge in [0.1, 0.15) is 6.04 Å². The van der Waals surface area contributed by atoms with E-state index in [9.17, 15) is 23.3 Å². The third kappa shape index (κ3) is 5.70. The Balaban J connectivity index is 2.43. The molecule has 1 amide bonds. The molecule has 0 fully saturated rings. The summed E-state index contributed by atoms with van der Waals surface area (Å²) in [4.78, 5) is 24.4. The molecule has 8 nitrogen and oxygen atoms in total. The van der Waals surface area contributed by atoms with Crippen LogP contribution in [-0.2, 0) is 14.8 Å². The number of carbonyl (C=O) groups excluding carboxylic acids is 1. The standard InChI is InChI=1S/C19H23N3O5S2/c1-4-17(19(23)20-16-11-6-7-12-18(16)28-5-2)21(29(3,26)27)14-9-8-10-15(13-14)22(24)25/h6-13,17H,4-5H2,1-3H3,(H,20,23)/t17-/m0/s1. The first kappa shape index (κ1) is 22.7. The molecule has 0 unspecified atom stereocenters. The van der Waals surface area contributed by atoms with Crippen molar-refractivity contribution in [3.8, 4) is 0 Å². The molecule has 0 aliphatic rings. The van der Waals surface area contributed by atoms with E-state index in [4.69, 9.17) is 0 Å². The van der Waals surface area contributed by atoms with Crippen LogP contribution >= 0.6 is 11.8 Å². The summed E-state index contributed by atoms with van der Waals surface area (Å²) in [5.41, 5.74) is 0.409. The van der Waals surface area contributed by atoms with Gasteiger partial charge in [-0.15, -0.1) is 11.8 Å². The van der Waals surface area contributed by atoms with Crippen LogP contribution in [-0.4, -0.2) is 37.3 Å². The Morgan fingerprint density at radius 1 is 1.21 bits per heavy atom. The summed E-state index contributed by atoms with van der Waals surface area (Å²) in [7, 11) is -3.88. The van der Waals surface area contributed by atoms with Crippen molar-refractivity contribution in [3.63, 3.8) is 0 Å². The molecule has 0 aliphatic carbocycles. The summed E-state index contributed by atoms with van der Waals surface area (Å²) in [6.45, 7) is 3.68. The maximum atomic E-state index is 13.0. The fraction of sp³-hybridized carbons (Fsp3) is 0.316. The van der Waals surface area contributed by atoms with E-state index in [1.165, 1.54) is 18.2 Å². The van der Waals surface area contributed by atoms with Gasteiger partial charge in [0.05, 0.1) is 22.6 Å². The molecule has 0 saturated carbocycles. The maximum absolute atomic E-state index is 13.0. The number of carbonyl (C=O) groups is 1. The second kappa shape index (κ2) is 9.75. The molecule has 2 aromatic carbocycles. The van der Waals surface area contributed by atoms with Crippen molar-refractivity contribution in [2.75, 3.05) is 21.6 Å². The quantitative estimate of drug-likeness (QED) is 0.362. The number of sulfonamides is 1. The lowest BCUT2D eigenvalue weighted by atomic mass is 10.1. The van der Waals surface area contributed by atoms with Gasteiger partial charge in [-0.2, -0.15) is 0 Å². The Labute approximate surface area is 174 Å². The number of anilines is 2. The minimum absolute atomic E-state index is 0.0694. The van der Waals surface area contributed by atoms with Crippen LogP contribution in [0.2, 0.25) is 0 Å². The lowest BCUT2D eigenvalue weighted by Gasteiger charge is -2.30. The van der Waals surface area contributed by atoms with Gasteiger partial charge in [-0.1, -0.05) is 32.0 Å². The third-order valence-corrected chi connectivity index (χ3v) is 6.21.